The van der Waals surface area contributed by atoms with E-state index in [1.165, 1.54) is 11.1 Å². The maximum Gasteiger partial charge on any atom is 0.158 e. The smallest absolute Gasteiger partial charge is 0.158 e. The molecule has 0 atom stereocenters. The predicted molar refractivity (Wildman–Crippen MR) is 98.7 cm³/mol. The molecule has 0 fully saturated rings. The monoisotopic (exact) mass is 327 g/mol. The van der Waals surface area contributed by atoms with Gasteiger partial charge in [-0.25, -0.2) is 0 Å². The molecule has 2 aromatic carbocycles. The van der Waals surface area contributed by atoms with Crippen molar-refractivity contribution in [3.63, 3.8) is 0 Å². The van der Waals surface area contributed by atoms with Gasteiger partial charge in [0.1, 0.15) is 0 Å². The second-order valence-electron chi connectivity index (χ2n) is 5.81. The van der Waals surface area contributed by atoms with Crippen molar-refractivity contribution < 1.29 is 9.47 Å². The molecule has 0 saturated heterocycles. The molecule has 3 nitrogen and oxygen atoms in total. The minimum absolute atomic E-state index is 0.117. The van der Waals surface area contributed by atoms with Crippen LogP contribution in [-0.2, 0) is 22.6 Å². The molecule has 0 radical (unpaired) electrons. The summed E-state index contributed by atoms with van der Waals surface area (Å²) in [6.45, 7) is 8.19. The highest BCUT2D eigenvalue weighted by Crippen LogP contribution is 2.12. The maximum absolute atomic E-state index is 5.68. The molecule has 0 heterocycles. The SMILES string of the molecule is CCOC(CCN(Cc1ccccc1)Cc1ccccc1)OCC. The van der Waals surface area contributed by atoms with Crippen LogP contribution in [-0.4, -0.2) is 30.9 Å². The summed E-state index contributed by atoms with van der Waals surface area (Å²) in [5.74, 6) is 0. The zero-order chi connectivity index (χ0) is 17.0. The third kappa shape index (κ3) is 6.83. The van der Waals surface area contributed by atoms with Crippen molar-refractivity contribution in [1.29, 1.82) is 0 Å². The summed E-state index contributed by atoms with van der Waals surface area (Å²) in [5, 5.41) is 0. The summed E-state index contributed by atoms with van der Waals surface area (Å²) >= 11 is 0. The topological polar surface area (TPSA) is 21.7 Å². The van der Waals surface area contributed by atoms with Gasteiger partial charge in [0.2, 0.25) is 0 Å². The fourth-order valence-electron chi connectivity index (χ4n) is 2.77. The van der Waals surface area contributed by atoms with Crippen LogP contribution in [0.5, 0.6) is 0 Å². The highest BCUT2D eigenvalue weighted by Gasteiger charge is 2.13. The van der Waals surface area contributed by atoms with Gasteiger partial charge in [-0.3, -0.25) is 4.90 Å². The van der Waals surface area contributed by atoms with Crippen LogP contribution in [0.2, 0.25) is 0 Å². The second kappa shape index (κ2) is 11.0. The molecule has 2 rings (SSSR count). The molecule has 0 unspecified atom stereocenters. The zero-order valence-electron chi connectivity index (χ0n) is 14.9. The molecule has 0 saturated carbocycles. The van der Waals surface area contributed by atoms with Gasteiger partial charge in [-0.05, 0) is 25.0 Å². The summed E-state index contributed by atoms with van der Waals surface area (Å²) in [5.41, 5.74) is 2.66. The number of hydrogen-bond acceptors (Lipinski definition) is 3. The summed E-state index contributed by atoms with van der Waals surface area (Å²) in [6.07, 6.45) is 0.760. The van der Waals surface area contributed by atoms with Crippen LogP contribution in [0.15, 0.2) is 60.7 Å². The van der Waals surface area contributed by atoms with E-state index in [0.717, 1.165) is 26.1 Å². The lowest BCUT2D eigenvalue weighted by Gasteiger charge is -2.25. The Labute approximate surface area is 146 Å². The largest absolute Gasteiger partial charge is 0.353 e. The minimum Gasteiger partial charge on any atom is -0.353 e. The predicted octanol–water partition coefficient (Wildman–Crippen LogP) is 4.48. The fourth-order valence-corrected chi connectivity index (χ4v) is 2.77. The van der Waals surface area contributed by atoms with Gasteiger partial charge < -0.3 is 9.47 Å². The molecule has 0 aliphatic rings. The van der Waals surface area contributed by atoms with Crippen molar-refractivity contribution >= 4 is 0 Å². The quantitative estimate of drug-likeness (QED) is 0.568. The van der Waals surface area contributed by atoms with Gasteiger partial charge in [0.25, 0.3) is 0 Å². The molecule has 2 aromatic rings. The van der Waals surface area contributed by atoms with Gasteiger partial charge in [0.05, 0.1) is 0 Å². The van der Waals surface area contributed by atoms with E-state index in [0.29, 0.717) is 13.2 Å². The molecular formula is C21H29NO2. The first-order valence-electron chi connectivity index (χ1n) is 8.85. The van der Waals surface area contributed by atoms with Crippen molar-refractivity contribution in [1.82, 2.24) is 4.90 Å². The molecule has 24 heavy (non-hydrogen) atoms. The van der Waals surface area contributed by atoms with E-state index in [-0.39, 0.29) is 6.29 Å². The van der Waals surface area contributed by atoms with E-state index in [1.807, 2.05) is 13.8 Å². The number of nitrogens with zero attached hydrogens (tertiary/aromatic N) is 1. The average molecular weight is 327 g/mol. The minimum atomic E-state index is -0.117. The fraction of sp³-hybridized carbons (Fsp3) is 0.429. The highest BCUT2D eigenvalue weighted by atomic mass is 16.7. The van der Waals surface area contributed by atoms with Gasteiger partial charge in [-0.2, -0.15) is 0 Å². The molecule has 0 aliphatic carbocycles. The summed E-state index contributed by atoms with van der Waals surface area (Å²) < 4.78 is 11.4. The highest BCUT2D eigenvalue weighted by molar-refractivity contribution is 5.17. The maximum atomic E-state index is 5.68. The molecule has 0 bridgehead atoms. The first-order valence-corrected chi connectivity index (χ1v) is 8.85. The van der Waals surface area contributed by atoms with Crippen LogP contribution >= 0.6 is 0 Å². The van der Waals surface area contributed by atoms with E-state index in [9.17, 15) is 0 Å². The number of benzene rings is 2. The molecule has 3 heteroatoms. The Morgan fingerprint density at radius 2 is 1.21 bits per heavy atom. The zero-order valence-corrected chi connectivity index (χ0v) is 14.9. The number of ether oxygens (including phenoxy) is 2. The third-order valence-electron chi connectivity index (χ3n) is 3.88. The lowest BCUT2D eigenvalue weighted by Crippen LogP contribution is -2.29. The Kier molecular flexibility index (Phi) is 8.53. The van der Waals surface area contributed by atoms with Gasteiger partial charge in [0.15, 0.2) is 6.29 Å². The Hall–Kier alpha value is -1.68. The summed E-state index contributed by atoms with van der Waals surface area (Å²) in [4.78, 5) is 2.45. The normalized spacial score (nSPS) is 11.3. The molecule has 130 valence electrons. The van der Waals surface area contributed by atoms with E-state index in [2.05, 4.69) is 65.6 Å². The van der Waals surface area contributed by atoms with Gasteiger partial charge in [0, 0.05) is 39.3 Å². The molecular weight excluding hydrogens is 298 g/mol. The van der Waals surface area contributed by atoms with Crippen LogP contribution < -0.4 is 0 Å². The van der Waals surface area contributed by atoms with Gasteiger partial charge >= 0.3 is 0 Å². The Balaban J connectivity index is 1.98. The Morgan fingerprint density at radius 1 is 0.750 bits per heavy atom. The first kappa shape index (κ1) is 18.7. The number of hydrogen-bond donors (Lipinski definition) is 0. The molecule has 0 spiro atoms. The van der Waals surface area contributed by atoms with Crippen molar-refractivity contribution in [2.45, 2.75) is 39.6 Å². The molecule has 0 aliphatic heterocycles. The number of rotatable bonds is 11. The molecule has 0 N–H and O–H groups in total. The van der Waals surface area contributed by atoms with E-state index < -0.39 is 0 Å². The molecule has 0 amide bonds. The van der Waals surface area contributed by atoms with E-state index >= 15 is 0 Å². The second-order valence-corrected chi connectivity index (χ2v) is 5.81. The van der Waals surface area contributed by atoms with Gasteiger partial charge in [-0.1, -0.05) is 60.7 Å². The van der Waals surface area contributed by atoms with E-state index in [1.54, 1.807) is 0 Å². The Bertz CT molecular complexity index is 497. The first-order chi connectivity index (χ1) is 11.8. The van der Waals surface area contributed by atoms with E-state index in [4.69, 9.17) is 9.47 Å². The van der Waals surface area contributed by atoms with Crippen molar-refractivity contribution in [2.24, 2.45) is 0 Å². The van der Waals surface area contributed by atoms with Crippen molar-refractivity contribution in [3.8, 4) is 0 Å². The standard InChI is InChI=1S/C21H29NO2/c1-3-23-21(24-4-2)15-16-22(17-19-11-7-5-8-12-19)18-20-13-9-6-10-14-20/h5-14,21H,3-4,15-18H2,1-2H3. The van der Waals surface area contributed by atoms with Crippen molar-refractivity contribution in [3.05, 3.63) is 71.8 Å². The average Bonchev–Trinajstić information content (AvgIpc) is 2.61. The van der Waals surface area contributed by atoms with Crippen LogP contribution in [0.25, 0.3) is 0 Å². The van der Waals surface area contributed by atoms with Gasteiger partial charge in [-0.15, -0.1) is 0 Å². The van der Waals surface area contributed by atoms with Crippen LogP contribution in [0, 0.1) is 0 Å². The van der Waals surface area contributed by atoms with Crippen LogP contribution in [0.4, 0.5) is 0 Å². The van der Waals surface area contributed by atoms with Crippen LogP contribution in [0.1, 0.15) is 31.4 Å². The summed E-state index contributed by atoms with van der Waals surface area (Å²) in [7, 11) is 0. The summed E-state index contributed by atoms with van der Waals surface area (Å²) in [6, 6.07) is 21.2. The lowest BCUT2D eigenvalue weighted by atomic mass is 10.1. The Morgan fingerprint density at radius 3 is 1.62 bits per heavy atom. The third-order valence-corrected chi connectivity index (χ3v) is 3.88. The van der Waals surface area contributed by atoms with Crippen LogP contribution in [0.3, 0.4) is 0 Å². The van der Waals surface area contributed by atoms with Crippen molar-refractivity contribution in [2.75, 3.05) is 19.8 Å². The lowest BCUT2D eigenvalue weighted by molar-refractivity contribution is -0.142. The molecule has 0 aromatic heterocycles.